The van der Waals surface area contributed by atoms with E-state index in [1.165, 1.54) is 10.4 Å². The van der Waals surface area contributed by atoms with E-state index >= 15 is 0 Å². The van der Waals surface area contributed by atoms with Gasteiger partial charge in [-0.1, -0.05) is 53.7 Å². The Bertz CT molecular complexity index is 908. The van der Waals surface area contributed by atoms with Crippen LogP contribution in [0.5, 0.6) is 0 Å². The molecule has 1 aliphatic carbocycles. The summed E-state index contributed by atoms with van der Waals surface area (Å²) in [5.74, 6) is 0.259. The number of benzene rings is 1. The van der Waals surface area contributed by atoms with Crippen LogP contribution in [0.3, 0.4) is 0 Å². The van der Waals surface area contributed by atoms with Gasteiger partial charge in [-0.3, -0.25) is 4.79 Å². The molecule has 1 amide bonds. The van der Waals surface area contributed by atoms with Crippen molar-refractivity contribution in [2.24, 2.45) is 5.41 Å². The molecule has 1 aliphatic rings. The minimum atomic E-state index is -0.155. The van der Waals surface area contributed by atoms with E-state index in [0.717, 1.165) is 18.4 Å². The van der Waals surface area contributed by atoms with Gasteiger partial charge in [-0.15, -0.1) is 11.3 Å². The van der Waals surface area contributed by atoms with Gasteiger partial charge in [0.1, 0.15) is 11.1 Å². The first-order valence-electron chi connectivity index (χ1n) is 9.49. The number of carbonyl (C=O) groups excluding carboxylic acids is 1. The zero-order valence-electron chi connectivity index (χ0n) is 17.1. The summed E-state index contributed by atoms with van der Waals surface area (Å²) in [4.78, 5) is 14.0. The highest BCUT2D eigenvalue weighted by molar-refractivity contribution is 7.16. The van der Waals surface area contributed by atoms with Crippen LogP contribution in [-0.4, -0.2) is 5.91 Å². The van der Waals surface area contributed by atoms with E-state index in [9.17, 15) is 10.1 Å². The number of rotatable bonds is 2. The summed E-state index contributed by atoms with van der Waals surface area (Å²) in [5, 5.41) is 13.4. The van der Waals surface area contributed by atoms with E-state index in [1.54, 1.807) is 11.3 Å². The number of nitrogens with one attached hydrogen (secondary N) is 1. The molecule has 1 heterocycles. The van der Waals surface area contributed by atoms with Gasteiger partial charge in [0.15, 0.2) is 0 Å². The number of fused-ring (bicyclic) bond motifs is 1. The third-order valence-electron chi connectivity index (χ3n) is 5.35. The molecule has 1 unspecified atom stereocenters. The zero-order chi connectivity index (χ0) is 20.0. The Morgan fingerprint density at radius 1 is 1.26 bits per heavy atom. The Kier molecular flexibility index (Phi) is 4.94. The molecular formula is C23H28N2OS. The molecule has 0 radical (unpaired) electrons. The van der Waals surface area contributed by atoms with Crippen molar-refractivity contribution in [3.8, 4) is 6.07 Å². The lowest BCUT2D eigenvalue weighted by molar-refractivity contribution is 0.102. The van der Waals surface area contributed by atoms with Crippen LogP contribution in [0.15, 0.2) is 24.3 Å². The van der Waals surface area contributed by atoms with Crippen LogP contribution in [0.1, 0.15) is 85.8 Å². The summed E-state index contributed by atoms with van der Waals surface area (Å²) in [7, 11) is 0. The molecule has 27 heavy (non-hydrogen) atoms. The van der Waals surface area contributed by atoms with E-state index in [2.05, 4.69) is 52.9 Å². The molecular weight excluding hydrogens is 352 g/mol. The molecule has 2 aromatic rings. The Morgan fingerprint density at radius 3 is 2.44 bits per heavy atom. The predicted octanol–water partition coefficient (Wildman–Crippen LogP) is 6.25. The third kappa shape index (κ3) is 3.94. The molecule has 1 aromatic heterocycles. The van der Waals surface area contributed by atoms with Crippen molar-refractivity contribution < 1.29 is 4.79 Å². The van der Waals surface area contributed by atoms with Gasteiger partial charge in [0.05, 0.1) is 5.56 Å². The Balaban J connectivity index is 1.88. The Hall–Kier alpha value is -2.12. The molecule has 1 aromatic carbocycles. The first kappa shape index (κ1) is 19.6. The second kappa shape index (κ2) is 6.80. The largest absolute Gasteiger partial charge is 0.312 e. The fraction of sp³-hybridized carbons (Fsp3) is 0.478. The normalized spacial score (nSPS) is 18.5. The second-order valence-corrected chi connectivity index (χ2v) is 10.5. The highest BCUT2D eigenvalue weighted by atomic mass is 32.1. The van der Waals surface area contributed by atoms with Gasteiger partial charge in [-0.2, -0.15) is 5.26 Å². The number of nitriles is 1. The monoisotopic (exact) mass is 380 g/mol. The van der Waals surface area contributed by atoms with E-state index in [4.69, 9.17) is 0 Å². The van der Waals surface area contributed by atoms with Crippen LogP contribution in [0.4, 0.5) is 5.00 Å². The lowest BCUT2D eigenvalue weighted by Crippen LogP contribution is -2.23. The molecule has 0 fully saturated rings. The summed E-state index contributed by atoms with van der Waals surface area (Å²) in [5.41, 5.74) is 3.83. The topological polar surface area (TPSA) is 52.9 Å². The lowest BCUT2D eigenvalue weighted by Gasteiger charge is -2.33. The quantitative estimate of drug-likeness (QED) is 0.670. The highest BCUT2D eigenvalue weighted by Gasteiger charge is 2.34. The van der Waals surface area contributed by atoms with E-state index in [0.29, 0.717) is 22.0 Å². The number of anilines is 1. The fourth-order valence-electron chi connectivity index (χ4n) is 4.03. The molecule has 4 heteroatoms. The van der Waals surface area contributed by atoms with Crippen LogP contribution in [0, 0.1) is 16.7 Å². The summed E-state index contributed by atoms with van der Waals surface area (Å²) >= 11 is 1.57. The molecule has 0 saturated heterocycles. The van der Waals surface area contributed by atoms with Crippen LogP contribution in [0.2, 0.25) is 0 Å². The number of carbonyl (C=O) groups is 1. The van der Waals surface area contributed by atoms with Crippen molar-refractivity contribution in [1.29, 1.82) is 5.26 Å². The smallest absolute Gasteiger partial charge is 0.256 e. The minimum Gasteiger partial charge on any atom is -0.312 e. The van der Waals surface area contributed by atoms with Crippen molar-refractivity contribution in [3.05, 3.63) is 51.4 Å². The van der Waals surface area contributed by atoms with E-state index in [-0.39, 0.29) is 16.7 Å². The maximum absolute atomic E-state index is 12.8. The lowest BCUT2D eigenvalue weighted by atomic mass is 9.72. The molecule has 1 atom stereocenters. The van der Waals surface area contributed by atoms with Gasteiger partial charge < -0.3 is 5.32 Å². The molecule has 0 bridgehead atoms. The Labute approximate surface area is 166 Å². The molecule has 1 N–H and O–H groups in total. The van der Waals surface area contributed by atoms with E-state index in [1.807, 2.05) is 24.3 Å². The van der Waals surface area contributed by atoms with Crippen molar-refractivity contribution >= 4 is 22.2 Å². The first-order valence-corrected chi connectivity index (χ1v) is 10.3. The molecule has 0 spiro atoms. The zero-order valence-corrected chi connectivity index (χ0v) is 17.9. The van der Waals surface area contributed by atoms with Crippen LogP contribution in [0.25, 0.3) is 0 Å². The number of hydrogen-bond acceptors (Lipinski definition) is 3. The van der Waals surface area contributed by atoms with E-state index < -0.39 is 0 Å². The summed E-state index contributed by atoms with van der Waals surface area (Å²) in [6, 6.07) is 10.1. The standard InChI is InChI=1S/C23H28N2OS/c1-14-11-23(5,6)12-17-18(13-24)21(27-19(14)17)25-20(26)15-7-9-16(10-8-15)22(2,3)4/h7-10,14H,11-12H2,1-6H3,(H,25,26). The van der Waals surface area contributed by atoms with Crippen molar-refractivity contribution in [3.63, 3.8) is 0 Å². The SMILES string of the molecule is CC1CC(C)(C)Cc2c1sc(NC(=O)c1ccc(C(C)(C)C)cc1)c2C#N. The number of nitrogens with zero attached hydrogens (tertiary/aromatic N) is 1. The summed E-state index contributed by atoms with van der Waals surface area (Å²) < 4.78 is 0. The van der Waals surface area contributed by atoms with Crippen molar-refractivity contribution in [1.82, 2.24) is 0 Å². The average Bonchev–Trinajstić information content (AvgIpc) is 2.90. The predicted molar refractivity (Wildman–Crippen MR) is 113 cm³/mol. The van der Waals surface area contributed by atoms with Crippen molar-refractivity contribution in [2.75, 3.05) is 5.32 Å². The van der Waals surface area contributed by atoms with Gasteiger partial charge in [0, 0.05) is 10.4 Å². The Morgan fingerprint density at radius 2 is 1.89 bits per heavy atom. The molecule has 0 aliphatic heterocycles. The number of amides is 1. The first-order chi connectivity index (χ1) is 12.5. The molecule has 0 saturated carbocycles. The summed E-state index contributed by atoms with van der Waals surface area (Å²) in [6.45, 7) is 13.2. The number of hydrogen-bond donors (Lipinski definition) is 1. The van der Waals surface area contributed by atoms with Gasteiger partial charge in [0.2, 0.25) is 0 Å². The van der Waals surface area contributed by atoms with Crippen LogP contribution in [-0.2, 0) is 11.8 Å². The average molecular weight is 381 g/mol. The van der Waals surface area contributed by atoms with Crippen LogP contribution >= 0.6 is 11.3 Å². The molecule has 142 valence electrons. The van der Waals surface area contributed by atoms with Gasteiger partial charge >= 0.3 is 0 Å². The highest BCUT2D eigenvalue weighted by Crippen LogP contribution is 2.48. The van der Waals surface area contributed by atoms with Gasteiger partial charge in [0.25, 0.3) is 5.91 Å². The second-order valence-electron chi connectivity index (χ2n) is 9.49. The van der Waals surface area contributed by atoms with Crippen LogP contribution < -0.4 is 5.32 Å². The van der Waals surface area contributed by atoms with Crippen molar-refractivity contribution in [2.45, 2.75) is 65.7 Å². The fourth-order valence-corrected chi connectivity index (χ4v) is 5.25. The third-order valence-corrected chi connectivity index (χ3v) is 6.73. The minimum absolute atomic E-state index is 0.0543. The number of thiophene rings is 1. The summed E-state index contributed by atoms with van der Waals surface area (Å²) in [6.07, 6.45) is 2.00. The van der Waals surface area contributed by atoms with Gasteiger partial charge in [-0.25, -0.2) is 0 Å². The maximum Gasteiger partial charge on any atom is 0.256 e. The maximum atomic E-state index is 12.8. The van der Waals surface area contributed by atoms with Gasteiger partial charge in [-0.05, 0) is 52.8 Å². The molecule has 3 nitrogen and oxygen atoms in total. The molecule has 3 rings (SSSR count).